The van der Waals surface area contributed by atoms with E-state index in [9.17, 15) is 4.79 Å². The van der Waals surface area contributed by atoms with Crippen LogP contribution in [-0.4, -0.2) is 5.78 Å². The fourth-order valence-electron chi connectivity index (χ4n) is 1.96. The van der Waals surface area contributed by atoms with E-state index >= 15 is 0 Å². The van der Waals surface area contributed by atoms with Gasteiger partial charge in [0.25, 0.3) is 0 Å². The normalized spacial score (nSPS) is 15.2. The maximum absolute atomic E-state index is 11.5. The molecule has 0 N–H and O–H groups in total. The minimum Gasteiger partial charge on any atom is -0.464 e. The molecule has 1 aromatic carbocycles. The van der Waals surface area contributed by atoms with E-state index in [2.05, 4.69) is 6.07 Å². The van der Waals surface area contributed by atoms with Crippen LogP contribution in [0, 0.1) is 0 Å². The summed E-state index contributed by atoms with van der Waals surface area (Å²) in [6.45, 7) is 0. The molecule has 1 aromatic heterocycles. The molecule has 0 saturated carbocycles. The van der Waals surface area contributed by atoms with E-state index in [-0.39, 0.29) is 5.78 Å². The summed E-state index contributed by atoms with van der Waals surface area (Å²) in [6.07, 6.45) is 3.05. The van der Waals surface area contributed by atoms with Crippen LogP contribution >= 0.6 is 0 Å². The van der Waals surface area contributed by atoms with Crippen molar-refractivity contribution in [1.29, 1.82) is 0 Å². The lowest BCUT2D eigenvalue weighted by Crippen LogP contribution is -2.06. The fourth-order valence-corrected chi connectivity index (χ4v) is 1.96. The first-order valence-electron chi connectivity index (χ1n) is 4.38. The molecule has 0 saturated heterocycles. The Morgan fingerprint density at radius 3 is 3.08 bits per heavy atom. The number of rotatable bonds is 0. The van der Waals surface area contributed by atoms with E-state index in [1.807, 2.05) is 12.1 Å². The van der Waals surface area contributed by atoms with Crippen molar-refractivity contribution >= 4 is 16.8 Å². The molecule has 0 unspecified atom stereocenters. The van der Waals surface area contributed by atoms with E-state index in [1.54, 1.807) is 6.26 Å². The molecular weight excluding hydrogens is 164 g/mol. The number of Topliss-reactive ketones (excluding diaryl/α,β-unsaturated/α-hetero) is 1. The third-order valence-corrected chi connectivity index (χ3v) is 2.61. The average Bonchev–Trinajstić information content (AvgIpc) is 2.57. The molecule has 0 atom stereocenters. The summed E-state index contributed by atoms with van der Waals surface area (Å²) >= 11 is 0. The predicted molar refractivity (Wildman–Crippen MR) is 48.9 cm³/mol. The number of carbonyl (C=O) groups is 1. The summed E-state index contributed by atoms with van der Waals surface area (Å²) in [5.41, 5.74) is 2.83. The molecule has 1 aliphatic carbocycles. The van der Waals surface area contributed by atoms with Crippen molar-refractivity contribution in [3.8, 4) is 0 Å². The number of hydrogen-bond donors (Lipinski definition) is 0. The maximum atomic E-state index is 11.5. The first-order chi connectivity index (χ1) is 6.36. The second kappa shape index (κ2) is 2.22. The molecule has 3 rings (SSSR count). The highest BCUT2D eigenvalue weighted by atomic mass is 16.3. The number of furan rings is 1. The Bertz CT molecular complexity index is 494. The second-order valence-electron chi connectivity index (χ2n) is 3.36. The number of benzene rings is 1. The fraction of sp³-hybridized carbons (Fsp3) is 0.182. The van der Waals surface area contributed by atoms with Crippen molar-refractivity contribution in [3.63, 3.8) is 0 Å². The molecule has 0 amide bonds. The second-order valence-corrected chi connectivity index (χ2v) is 3.36. The van der Waals surface area contributed by atoms with Crippen LogP contribution in [0.5, 0.6) is 0 Å². The van der Waals surface area contributed by atoms with Gasteiger partial charge in [0.2, 0.25) is 0 Å². The van der Waals surface area contributed by atoms with Crippen molar-refractivity contribution < 1.29 is 9.21 Å². The molecule has 2 heteroatoms. The Morgan fingerprint density at radius 2 is 2.15 bits per heavy atom. The standard InChI is InChI=1S/C11H8O2/c12-9-5-4-7-2-1-3-10-11(7)8(9)6-13-10/h1-3,6H,4-5H2. The van der Waals surface area contributed by atoms with E-state index in [1.165, 1.54) is 5.56 Å². The van der Waals surface area contributed by atoms with Crippen LogP contribution in [0.25, 0.3) is 11.0 Å². The summed E-state index contributed by atoms with van der Waals surface area (Å²) in [7, 11) is 0. The summed E-state index contributed by atoms with van der Waals surface area (Å²) in [4.78, 5) is 11.5. The van der Waals surface area contributed by atoms with Gasteiger partial charge in [-0.15, -0.1) is 0 Å². The number of hydrogen-bond acceptors (Lipinski definition) is 2. The van der Waals surface area contributed by atoms with Gasteiger partial charge < -0.3 is 4.42 Å². The minimum absolute atomic E-state index is 0.206. The minimum atomic E-state index is 0.206. The smallest absolute Gasteiger partial charge is 0.167 e. The molecule has 64 valence electrons. The van der Waals surface area contributed by atoms with Gasteiger partial charge in [0.1, 0.15) is 11.8 Å². The van der Waals surface area contributed by atoms with Crippen molar-refractivity contribution in [2.24, 2.45) is 0 Å². The third kappa shape index (κ3) is 0.800. The Morgan fingerprint density at radius 1 is 1.23 bits per heavy atom. The van der Waals surface area contributed by atoms with Crippen molar-refractivity contribution in [3.05, 3.63) is 35.6 Å². The van der Waals surface area contributed by atoms with Gasteiger partial charge in [-0.2, -0.15) is 0 Å². The number of carbonyl (C=O) groups excluding carboxylic acids is 1. The molecule has 2 nitrogen and oxygen atoms in total. The first kappa shape index (κ1) is 6.89. The monoisotopic (exact) mass is 172 g/mol. The zero-order valence-corrected chi connectivity index (χ0v) is 7.04. The topological polar surface area (TPSA) is 30.2 Å². The summed E-state index contributed by atoms with van der Waals surface area (Å²) in [5, 5.41) is 1.03. The molecule has 0 spiro atoms. The Kier molecular flexibility index (Phi) is 1.18. The van der Waals surface area contributed by atoms with Gasteiger partial charge in [0, 0.05) is 11.8 Å². The SMILES string of the molecule is O=C1CCc2cccc3occ1c23. The first-order valence-corrected chi connectivity index (χ1v) is 4.38. The van der Waals surface area contributed by atoms with Crippen molar-refractivity contribution in [1.82, 2.24) is 0 Å². The van der Waals surface area contributed by atoms with E-state index in [4.69, 9.17) is 4.42 Å². The summed E-state index contributed by atoms with van der Waals surface area (Å²) < 4.78 is 5.31. The van der Waals surface area contributed by atoms with Crippen LogP contribution in [0.15, 0.2) is 28.9 Å². The molecule has 0 radical (unpaired) electrons. The van der Waals surface area contributed by atoms with Gasteiger partial charge in [-0.05, 0) is 18.1 Å². The highest BCUT2D eigenvalue weighted by Crippen LogP contribution is 2.30. The summed E-state index contributed by atoms with van der Waals surface area (Å²) in [6, 6.07) is 5.94. The Balaban J connectivity index is 2.51. The van der Waals surface area contributed by atoms with Gasteiger partial charge in [-0.1, -0.05) is 12.1 Å². The van der Waals surface area contributed by atoms with Crippen LogP contribution < -0.4 is 0 Å². The molecule has 13 heavy (non-hydrogen) atoms. The van der Waals surface area contributed by atoms with Crippen LogP contribution in [-0.2, 0) is 6.42 Å². The highest BCUT2D eigenvalue weighted by Gasteiger charge is 2.21. The molecule has 0 fully saturated rings. The number of aryl methyl sites for hydroxylation is 1. The lowest BCUT2D eigenvalue weighted by atomic mass is 9.92. The maximum Gasteiger partial charge on any atom is 0.167 e. The van der Waals surface area contributed by atoms with Gasteiger partial charge >= 0.3 is 0 Å². The van der Waals surface area contributed by atoms with Gasteiger partial charge in [0.05, 0.1) is 5.56 Å². The quantitative estimate of drug-likeness (QED) is 0.611. The molecule has 1 aliphatic rings. The van der Waals surface area contributed by atoms with Crippen LogP contribution in [0.2, 0.25) is 0 Å². The molecular formula is C11H8O2. The highest BCUT2D eigenvalue weighted by molar-refractivity contribution is 6.10. The zero-order chi connectivity index (χ0) is 8.84. The van der Waals surface area contributed by atoms with Crippen LogP contribution in [0.4, 0.5) is 0 Å². The van der Waals surface area contributed by atoms with Gasteiger partial charge in [0.15, 0.2) is 5.78 Å². The van der Waals surface area contributed by atoms with Crippen LogP contribution in [0.1, 0.15) is 22.3 Å². The largest absolute Gasteiger partial charge is 0.464 e. The van der Waals surface area contributed by atoms with E-state index in [0.29, 0.717) is 6.42 Å². The predicted octanol–water partition coefficient (Wildman–Crippen LogP) is 2.56. The third-order valence-electron chi connectivity index (χ3n) is 2.61. The Labute approximate surface area is 75.2 Å². The van der Waals surface area contributed by atoms with Crippen molar-refractivity contribution in [2.45, 2.75) is 12.8 Å². The Hall–Kier alpha value is -1.57. The van der Waals surface area contributed by atoms with Crippen molar-refractivity contribution in [2.75, 3.05) is 0 Å². The van der Waals surface area contributed by atoms with E-state index < -0.39 is 0 Å². The van der Waals surface area contributed by atoms with E-state index in [0.717, 1.165) is 23.0 Å². The molecule has 1 heterocycles. The molecule has 2 aromatic rings. The molecule has 0 aliphatic heterocycles. The lowest BCUT2D eigenvalue weighted by Gasteiger charge is -2.09. The zero-order valence-electron chi connectivity index (χ0n) is 7.04. The average molecular weight is 172 g/mol. The number of ketones is 1. The lowest BCUT2D eigenvalue weighted by molar-refractivity contribution is 0.0981. The van der Waals surface area contributed by atoms with Gasteiger partial charge in [-0.25, -0.2) is 0 Å². The van der Waals surface area contributed by atoms with Crippen LogP contribution in [0.3, 0.4) is 0 Å². The molecule has 0 bridgehead atoms. The summed E-state index contributed by atoms with van der Waals surface area (Å²) in [5.74, 6) is 0.206. The van der Waals surface area contributed by atoms with Gasteiger partial charge in [-0.3, -0.25) is 4.79 Å².